The molecule has 0 fully saturated rings. The number of amides is 1. The van der Waals surface area contributed by atoms with Crippen molar-refractivity contribution in [1.29, 1.82) is 0 Å². The minimum absolute atomic E-state index is 0.107. The number of hydrogen-bond acceptors (Lipinski definition) is 5. The van der Waals surface area contributed by atoms with Crippen LogP contribution in [0.15, 0.2) is 34.9 Å². The molecular formula is C19H20N2O4. The molecule has 0 saturated heterocycles. The van der Waals surface area contributed by atoms with Gasteiger partial charge < -0.3 is 19.3 Å². The third-order valence-corrected chi connectivity index (χ3v) is 4.17. The van der Waals surface area contributed by atoms with E-state index in [2.05, 4.69) is 10.5 Å². The van der Waals surface area contributed by atoms with Gasteiger partial charge in [-0.15, -0.1) is 0 Å². The van der Waals surface area contributed by atoms with Crippen LogP contribution in [0, 0.1) is 13.8 Å². The molecule has 0 aliphatic heterocycles. The van der Waals surface area contributed by atoms with Crippen LogP contribution in [0.1, 0.15) is 16.8 Å². The lowest BCUT2D eigenvalue weighted by Gasteiger charge is -2.11. The number of anilines is 1. The number of carbonyl (C=O) groups is 1. The Kier molecular flexibility index (Phi) is 4.61. The molecule has 3 rings (SSSR count). The zero-order chi connectivity index (χ0) is 18.0. The van der Waals surface area contributed by atoms with E-state index in [1.807, 2.05) is 26.0 Å². The molecule has 0 bridgehead atoms. The van der Waals surface area contributed by atoms with Gasteiger partial charge in [-0.25, -0.2) is 0 Å². The molecule has 0 unspecified atom stereocenters. The maximum atomic E-state index is 12.5. The lowest BCUT2D eigenvalue weighted by atomic mass is 10.1. The molecule has 1 heterocycles. The van der Waals surface area contributed by atoms with Gasteiger partial charge in [0.2, 0.25) is 5.91 Å². The smallest absolute Gasteiger partial charge is 0.230 e. The van der Waals surface area contributed by atoms with Crippen molar-refractivity contribution in [1.82, 2.24) is 5.16 Å². The summed E-state index contributed by atoms with van der Waals surface area (Å²) in [4.78, 5) is 12.5. The summed E-state index contributed by atoms with van der Waals surface area (Å²) in [5.41, 5.74) is 4.10. The summed E-state index contributed by atoms with van der Waals surface area (Å²) in [5, 5.41) is 7.74. The minimum Gasteiger partial charge on any atom is -0.497 e. The maximum Gasteiger partial charge on any atom is 0.230 e. The lowest BCUT2D eigenvalue weighted by Crippen LogP contribution is -2.15. The van der Waals surface area contributed by atoms with Gasteiger partial charge in [-0.1, -0.05) is 5.16 Å². The topological polar surface area (TPSA) is 73.6 Å². The molecule has 1 aromatic heterocycles. The summed E-state index contributed by atoms with van der Waals surface area (Å²) < 4.78 is 15.8. The number of fused-ring (bicyclic) bond motifs is 1. The molecule has 0 atom stereocenters. The number of aromatic nitrogens is 1. The largest absolute Gasteiger partial charge is 0.497 e. The number of nitrogens with one attached hydrogen (secondary N) is 1. The van der Waals surface area contributed by atoms with Gasteiger partial charge in [-0.3, -0.25) is 4.79 Å². The Labute approximate surface area is 145 Å². The van der Waals surface area contributed by atoms with E-state index in [0.29, 0.717) is 28.5 Å². The third-order valence-electron chi connectivity index (χ3n) is 4.17. The number of hydrogen-bond donors (Lipinski definition) is 1. The van der Waals surface area contributed by atoms with Crippen molar-refractivity contribution < 1.29 is 18.8 Å². The summed E-state index contributed by atoms with van der Waals surface area (Å²) in [6.45, 7) is 4.03. The van der Waals surface area contributed by atoms with E-state index in [1.54, 1.807) is 32.4 Å². The monoisotopic (exact) mass is 340 g/mol. The normalized spacial score (nSPS) is 10.7. The van der Waals surface area contributed by atoms with Crippen LogP contribution in [-0.2, 0) is 11.2 Å². The Morgan fingerprint density at radius 3 is 2.60 bits per heavy atom. The van der Waals surface area contributed by atoms with Crippen molar-refractivity contribution in [3.63, 3.8) is 0 Å². The molecule has 0 spiro atoms. The number of aryl methyl sites for hydroxylation is 2. The van der Waals surface area contributed by atoms with E-state index >= 15 is 0 Å². The van der Waals surface area contributed by atoms with Gasteiger partial charge in [-0.05, 0) is 49.2 Å². The molecule has 6 nitrogen and oxygen atoms in total. The zero-order valence-electron chi connectivity index (χ0n) is 14.7. The van der Waals surface area contributed by atoms with Crippen molar-refractivity contribution in [3.05, 3.63) is 47.2 Å². The Hall–Kier alpha value is -3.02. The fourth-order valence-electron chi connectivity index (χ4n) is 2.63. The molecule has 2 aromatic carbocycles. The number of ether oxygens (including phenoxy) is 2. The SMILES string of the molecule is COc1ccc(OC)c(NC(=O)Cc2noc3cc(C)c(C)cc23)c1. The summed E-state index contributed by atoms with van der Waals surface area (Å²) in [6.07, 6.45) is 0.107. The van der Waals surface area contributed by atoms with E-state index in [4.69, 9.17) is 14.0 Å². The van der Waals surface area contributed by atoms with E-state index < -0.39 is 0 Å². The van der Waals surface area contributed by atoms with E-state index in [-0.39, 0.29) is 12.3 Å². The fourth-order valence-corrected chi connectivity index (χ4v) is 2.63. The highest BCUT2D eigenvalue weighted by Crippen LogP contribution is 2.29. The molecule has 0 saturated carbocycles. The number of methoxy groups -OCH3 is 2. The van der Waals surface area contributed by atoms with Crippen LogP contribution in [-0.4, -0.2) is 25.3 Å². The van der Waals surface area contributed by atoms with Crippen LogP contribution in [0.5, 0.6) is 11.5 Å². The van der Waals surface area contributed by atoms with Crippen molar-refractivity contribution in [2.24, 2.45) is 0 Å². The Bertz CT molecular complexity index is 931. The Morgan fingerprint density at radius 2 is 1.88 bits per heavy atom. The number of rotatable bonds is 5. The summed E-state index contributed by atoms with van der Waals surface area (Å²) >= 11 is 0. The van der Waals surface area contributed by atoms with Gasteiger partial charge >= 0.3 is 0 Å². The molecule has 25 heavy (non-hydrogen) atoms. The van der Waals surface area contributed by atoms with Crippen LogP contribution in [0.4, 0.5) is 5.69 Å². The second-order valence-electron chi connectivity index (χ2n) is 5.85. The standard InChI is InChI=1S/C19H20N2O4/c1-11-7-14-15(21-25-18(14)8-12(11)2)10-19(22)20-16-9-13(23-3)5-6-17(16)24-4/h5-9H,10H2,1-4H3,(H,20,22). The number of nitrogens with zero attached hydrogens (tertiary/aromatic N) is 1. The van der Waals surface area contributed by atoms with Crippen LogP contribution >= 0.6 is 0 Å². The molecule has 0 aliphatic rings. The Balaban J connectivity index is 1.83. The second kappa shape index (κ2) is 6.84. The minimum atomic E-state index is -0.208. The molecule has 0 aliphatic carbocycles. The van der Waals surface area contributed by atoms with E-state index in [9.17, 15) is 4.79 Å². The quantitative estimate of drug-likeness (QED) is 0.767. The van der Waals surface area contributed by atoms with Crippen molar-refractivity contribution >= 4 is 22.6 Å². The average molecular weight is 340 g/mol. The highest BCUT2D eigenvalue weighted by Gasteiger charge is 2.15. The van der Waals surface area contributed by atoms with Gasteiger partial charge in [0.15, 0.2) is 5.58 Å². The Morgan fingerprint density at radius 1 is 1.12 bits per heavy atom. The highest BCUT2D eigenvalue weighted by molar-refractivity contribution is 5.96. The predicted molar refractivity (Wildman–Crippen MR) is 95.4 cm³/mol. The van der Waals surface area contributed by atoms with Gasteiger partial charge in [-0.2, -0.15) is 0 Å². The molecule has 1 amide bonds. The lowest BCUT2D eigenvalue weighted by molar-refractivity contribution is -0.115. The van der Waals surface area contributed by atoms with Crippen molar-refractivity contribution in [2.75, 3.05) is 19.5 Å². The second-order valence-corrected chi connectivity index (χ2v) is 5.85. The molecule has 1 N–H and O–H groups in total. The van der Waals surface area contributed by atoms with Gasteiger partial charge in [0.1, 0.15) is 17.2 Å². The zero-order valence-corrected chi connectivity index (χ0v) is 14.7. The summed E-state index contributed by atoms with van der Waals surface area (Å²) in [5.74, 6) is 0.986. The molecule has 0 radical (unpaired) electrons. The van der Waals surface area contributed by atoms with E-state index in [0.717, 1.165) is 16.5 Å². The molecule has 3 aromatic rings. The van der Waals surface area contributed by atoms with Crippen LogP contribution in [0.25, 0.3) is 11.0 Å². The molecular weight excluding hydrogens is 320 g/mol. The van der Waals surface area contributed by atoms with E-state index in [1.165, 1.54) is 0 Å². The number of benzene rings is 2. The van der Waals surface area contributed by atoms with Crippen LogP contribution in [0.2, 0.25) is 0 Å². The first-order chi connectivity index (χ1) is 12.0. The average Bonchev–Trinajstić information content (AvgIpc) is 2.96. The van der Waals surface area contributed by atoms with Gasteiger partial charge in [0, 0.05) is 11.5 Å². The summed E-state index contributed by atoms with van der Waals surface area (Å²) in [7, 11) is 3.12. The first-order valence-corrected chi connectivity index (χ1v) is 7.89. The molecule has 130 valence electrons. The maximum absolute atomic E-state index is 12.5. The number of carbonyl (C=O) groups excluding carboxylic acids is 1. The van der Waals surface area contributed by atoms with Crippen LogP contribution < -0.4 is 14.8 Å². The van der Waals surface area contributed by atoms with Crippen molar-refractivity contribution in [2.45, 2.75) is 20.3 Å². The van der Waals surface area contributed by atoms with Gasteiger partial charge in [0.25, 0.3) is 0 Å². The van der Waals surface area contributed by atoms with Crippen LogP contribution in [0.3, 0.4) is 0 Å². The first kappa shape index (κ1) is 16.8. The predicted octanol–water partition coefficient (Wildman–Crippen LogP) is 3.64. The third kappa shape index (κ3) is 3.42. The van der Waals surface area contributed by atoms with Gasteiger partial charge in [0.05, 0.1) is 26.3 Å². The van der Waals surface area contributed by atoms with Crippen molar-refractivity contribution in [3.8, 4) is 11.5 Å². The molecule has 6 heteroatoms. The highest BCUT2D eigenvalue weighted by atomic mass is 16.5. The fraction of sp³-hybridized carbons (Fsp3) is 0.263. The first-order valence-electron chi connectivity index (χ1n) is 7.89. The summed E-state index contributed by atoms with van der Waals surface area (Å²) in [6, 6.07) is 9.15.